The predicted octanol–water partition coefficient (Wildman–Crippen LogP) is 4.21. The molecular formula is C22H35N3O2. The first kappa shape index (κ1) is 20.2. The summed E-state index contributed by atoms with van der Waals surface area (Å²) in [4.78, 5) is 2.54. The zero-order valence-electron chi connectivity index (χ0n) is 17.4. The maximum atomic E-state index is 5.97. The van der Waals surface area contributed by atoms with Gasteiger partial charge in [-0.25, -0.2) is 0 Å². The van der Waals surface area contributed by atoms with E-state index in [9.17, 15) is 0 Å². The lowest BCUT2D eigenvalue weighted by Gasteiger charge is -2.26. The Hall–Kier alpha value is -1.59. The molecule has 3 rings (SSSR count). The van der Waals surface area contributed by atoms with Gasteiger partial charge in [-0.05, 0) is 56.7 Å². The van der Waals surface area contributed by atoms with Crippen LogP contribution in [0.25, 0.3) is 10.9 Å². The van der Waals surface area contributed by atoms with Crippen molar-refractivity contribution in [2.75, 3.05) is 33.4 Å². The number of ether oxygens (including phenoxy) is 2. The summed E-state index contributed by atoms with van der Waals surface area (Å²) in [5.41, 5.74) is 1.14. The van der Waals surface area contributed by atoms with Crippen LogP contribution in [0, 0.1) is 11.8 Å². The van der Waals surface area contributed by atoms with Crippen molar-refractivity contribution in [1.29, 1.82) is 0 Å². The number of benzene rings is 1. The monoisotopic (exact) mass is 373 g/mol. The van der Waals surface area contributed by atoms with Crippen LogP contribution in [0.4, 0.5) is 0 Å². The molecule has 0 unspecified atom stereocenters. The highest BCUT2D eigenvalue weighted by Crippen LogP contribution is 2.29. The fourth-order valence-electron chi connectivity index (χ4n) is 3.53. The van der Waals surface area contributed by atoms with E-state index < -0.39 is 0 Å². The lowest BCUT2D eigenvalue weighted by molar-refractivity contribution is 0.0444. The third-order valence-corrected chi connectivity index (χ3v) is 5.52. The van der Waals surface area contributed by atoms with Gasteiger partial charge in [-0.3, -0.25) is 4.68 Å². The highest BCUT2D eigenvalue weighted by Gasteiger charge is 2.22. The van der Waals surface area contributed by atoms with Crippen LogP contribution in [-0.2, 0) is 11.3 Å². The van der Waals surface area contributed by atoms with Crippen LogP contribution < -0.4 is 4.74 Å². The van der Waals surface area contributed by atoms with Crippen LogP contribution in [0.2, 0.25) is 0 Å². The zero-order chi connectivity index (χ0) is 19.2. The Morgan fingerprint density at radius 3 is 2.81 bits per heavy atom. The summed E-state index contributed by atoms with van der Waals surface area (Å²) in [5, 5.41) is 5.75. The minimum atomic E-state index is 0.359. The molecule has 0 spiro atoms. The standard InChI is InChI=1S/C22H35N3O2/c1-5-24(11-10-18(3)27-16-19-6-7-19)14-17(2)15-25-22-12-21(26-4)9-8-20(22)13-23-25/h8-9,12-13,17-19H,5-7,10-11,14-16H2,1-4H3/t17-,18+/m1/s1. The van der Waals surface area contributed by atoms with Crippen LogP contribution in [0.3, 0.4) is 0 Å². The molecule has 1 heterocycles. The molecule has 1 aliphatic rings. The van der Waals surface area contributed by atoms with Gasteiger partial charge in [-0.15, -0.1) is 0 Å². The second-order valence-corrected chi connectivity index (χ2v) is 8.13. The summed E-state index contributed by atoms with van der Waals surface area (Å²) >= 11 is 0. The van der Waals surface area contributed by atoms with Gasteiger partial charge in [0, 0.05) is 37.7 Å². The van der Waals surface area contributed by atoms with Gasteiger partial charge in [0.05, 0.1) is 24.9 Å². The van der Waals surface area contributed by atoms with E-state index in [0.29, 0.717) is 12.0 Å². The maximum absolute atomic E-state index is 5.97. The van der Waals surface area contributed by atoms with Gasteiger partial charge in [0.2, 0.25) is 0 Å². The Balaban J connectivity index is 1.48. The summed E-state index contributed by atoms with van der Waals surface area (Å²) in [7, 11) is 1.71. The summed E-state index contributed by atoms with van der Waals surface area (Å²) in [5.74, 6) is 2.26. The van der Waals surface area contributed by atoms with E-state index in [1.54, 1.807) is 7.11 Å². The minimum absolute atomic E-state index is 0.359. The highest BCUT2D eigenvalue weighted by atomic mass is 16.5. The first-order valence-electron chi connectivity index (χ1n) is 10.4. The number of aromatic nitrogens is 2. The quantitative estimate of drug-likeness (QED) is 0.559. The smallest absolute Gasteiger partial charge is 0.121 e. The second kappa shape index (κ2) is 9.56. The van der Waals surface area contributed by atoms with Gasteiger partial charge in [0.15, 0.2) is 0 Å². The summed E-state index contributed by atoms with van der Waals surface area (Å²) < 4.78 is 13.4. The molecule has 2 aromatic rings. The number of hydrogen-bond donors (Lipinski definition) is 0. The Morgan fingerprint density at radius 1 is 1.30 bits per heavy atom. The van der Waals surface area contributed by atoms with Crippen molar-refractivity contribution in [2.24, 2.45) is 11.8 Å². The Bertz CT molecular complexity index is 711. The van der Waals surface area contributed by atoms with Crippen LogP contribution in [0.1, 0.15) is 40.0 Å². The third kappa shape index (κ3) is 5.94. The zero-order valence-corrected chi connectivity index (χ0v) is 17.4. The molecule has 0 saturated heterocycles. The lowest BCUT2D eigenvalue weighted by atomic mass is 10.1. The van der Waals surface area contributed by atoms with E-state index in [1.807, 2.05) is 12.3 Å². The largest absolute Gasteiger partial charge is 0.497 e. The van der Waals surface area contributed by atoms with E-state index >= 15 is 0 Å². The first-order valence-corrected chi connectivity index (χ1v) is 10.4. The third-order valence-electron chi connectivity index (χ3n) is 5.52. The number of rotatable bonds is 12. The van der Waals surface area contributed by atoms with Crippen molar-refractivity contribution < 1.29 is 9.47 Å². The second-order valence-electron chi connectivity index (χ2n) is 8.13. The minimum Gasteiger partial charge on any atom is -0.497 e. The number of nitrogens with zero attached hydrogens (tertiary/aromatic N) is 3. The molecule has 150 valence electrons. The molecular weight excluding hydrogens is 338 g/mol. The van der Waals surface area contributed by atoms with Gasteiger partial charge < -0.3 is 14.4 Å². The van der Waals surface area contributed by atoms with E-state index in [0.717, 1.165) is 61.8 Å². The molecule has 5 nitrogen and oxygen atoms in total. The Morgan fingerprint density at radius 2 is 2.11 bits per heavy atom. The van der Waals surface area contributed by atoms with E-state index in [1.165, 1.54) is 12.8 Å². The van der Waals surface area contributed by atoms with E-state index in [4.69, 9.17) is 9.47 Å². The fourth-order valence-corrected chi connectivity index (χ4v) is 3.53. The molecule has 1 aliphatic carbocycles. The summed E-state index contributed by atoms with van der Waals surface area (Å²) in [6, 6.07) is 6.14. The van der Waals surface area contributed by atoms with Crippen LogP contribution >= 0.6 is 0 Å². The molecule has 1 aromatic heterocycles. The average molecular weight is 374 g/mol. The molecule has 1 saturated carbocycles. The van der Waals surface area contributed by atoms with Crippen LogP contribution in [-0.4, -0.2) is 54.1 Å². The molecule has 2 atom stereocenters. The normalized spacial score (nSPS) is 16.8. The van der Waals surface area contributed by atoms with Gasteiger partial charge in [0.25, 0.3) is 0 Å². The van der Waals surface area contributed by atoms with Crippen molar-refractivity contribution >= 4 is 10.9 Å². The van der Waals surface area contributed by atoms with E-state index in [-0.39, 0.29) is 0 Å². The average Bonchev–Trinajstić information content (AvgIpc) is 3.43. The van der Waals surface area contributed by atoms with Gasteiger partial charge in [-0.1, -0.05) is 13.8 Å². The molecule has 1 fully saturated rings. The topological polar surface area (TPSA) is 39.5 Å². The maximum Gasteiger partial charge on any atom is 0.121 e. The Kier molecular flexibility index (Phi) is 7.13. The molecule has 5 heteroatoms. The summed E-state index contributed by atoms with van der Waals surface area (Å²) in [6.07, 6.45) is 6.13. The SMILES string of the molecule is CCN(CC[C@H](C)OCC1CC1)C[C@@H](C)Cn1ncc2ccc(OC)cc21. The molecule has 1 aromatic carbocycles. The molecule has 0 amide bonds. The van der Waals surface area contributed by atoms with E-state index in [2.05, 4.69) is 47.6 Å². The van der Waals surface area contributed by atoms with Crippen molar-refractivity contribution in [3.63, 3.8) is 0 Å². The van der Waals surface area contributed by atoms with Crippen molar-refractivity contribution in [1.82, 2.24) is 14.7 Å². The van der Waals surface area contributed by atoms with Gasteiger partial charge in [-0.2, -0.15) is 5.10 Å². The van der Waals surface area contributed by atoms with Crippen molar-refractivity contribution in [3.05, 3.63) is 24.4 Å². The molecule has 0 radical (unpaired) electrons. The molecule has 0 N–H and O–H groups in total. The van der Waals surface area contributed by atoms with Crippen LogP contribution in [0.5, 0.6) is 5.75 Å². The molecule has 27 heavy (non-hydrogen) atoms. The lowest BCUT2D eigenvalue weighted by Crippen LogP contribution is -2.33. The van der Waals surface area contributed by atoms with Crippen molar-refractivity contribution in [3.8, 4) is 5.75 Å². The van der Waals surface area contributed by atoms with Gasteiger partial charge in [0.1, 0.15) is 5.75 Å². The van der Waals surface area contributed by atoms with Crippen LogP contribution in [0.15, 0.2) is 24.4 Å². The predicted molar refractivity (Wildman–Crippen MR) is 110 cm³/mol. The number of hydrogen-bond acceptors (Lipinski definition) is 4. The number of methoxy groups -OCH3 is 1. The first-order chi connectivity index (χ1) is 13.1. The van der Waals surface area contributed by atoms with Gasteiger partial charge >= 0.3 is 0 Å². The number of fused-ring (bicyclic) bond motifs is 1. The molecule has 0 aliphatic heterocycles. The molecule has 0 bridgehead atoms. The van der Waals surface area contributed by atoms with Crippen molar-refractivity contribution in [2.45, 2.75) is 52.7 Å². The Labute approximate surface area is 163 Å². The summed E-state index contributed by atoms with van der Waals surface area (Å²) in [6.45, 7) is 11.9. The highest BCUT2D eigenvalue weighted by molar-refractivity contribution is 5.80. The fraction of sp³-hybridized carbons (Fsp3) is 0.682.